The van der Waals surface area contributed by atoms with Gasteiger partial charge in [0.05, 0.1) is 0 Å². The fourth-order valence-corrected chi connectivity index (χ4v) is 15.0. The van der Waals surface area contributed by atoms with Gasteiger partial charge in [0.25, 0.3) is 0 Å². The first-order valence-electron chi connectivity index (χ1n) is 21.6. The summed E-state index contributed by atoms with van der Waals surface area (Å²) in [5.41, 5.74) is 3.70. The van der Waals surface area contributed by atoms with Crippen molar-refractivity contribution in [2.45, 2.75) is 110 Å². The van der Waals surface area contributed by atoms with Gasteiger partial charge in [-0.05, 0) is 0 Å². The van der Waals surface area contributed by atoms with Gasteiger partial charge in [0.1, 0.15) is 0 Å². The van der Waals surface area contributed by atoms with Crippen LogP contribution in [0.15, 0.2) is 103 Å². The predicted octanol–water partition coefficient (Wildman–Crippen LogP) is 6.92. The zero-order chi connectivity index (χ0) is 46.9. The van der Waals surface area contributed by atoms with Crippen molar-refractivity contribution in [3.05, 3.63) is 125 Å². The molecule has 3 aliphatic heterocycles. The minimum absolute atomic E-state index is 0.129. The van der Waals surface area contributed by atoms with Crippen LogP contribution in [0.2, 0.25) is 15.5 Å². The Bertz CT molecular complexity index is 2220. The van der Waals surface area contributed by atoms with Gasteiger partial charge in [0, 0.05) is 0 Å². The van der Waals surface area contributed by atoms with Crippen molar-refractivity contribution >= 4 is 24.3 Å². The van der Waals surface area contributed by atoms with Crippen molar-refractivity contribution < 1.29 is 74.0 Å². The summed E-state index contributed by atoms with van der Waals surface area (Å²) >= 11 is -2.06. The molecule has 11 atom stereocenters. The van der Waals surface area contributed by atoms with E-state index in [0.29, 0.717) is 23.9 Å². The third-order valence-electron chi connectivity index (χ3n) is 12.3. The van der Waals surface area contributed by atoms with E-state index < -0.39 is 78.8 Å². The maximum atomic E-state index is 12.8. The molecule has 18 heteroatoms. The molecule has 66 heavy (non-hydrogen) atoms. The predicted molar refractivity (Wildman–Crippen MR) is 242 cm³/mol. The maximum absolute atomic E-state index is 12.8. The Labute approximate surface area is 391 Å². The molecule has 0 bridgehead atoms. The fraction of sp³-hybridized carbons (Fsp3) is 0.500. The van der Waals surface area contributed by atoms with Gasteiger partial charge in [0.15, 0.2) is 0 Å². The van der Waals surface area contributed by atoms with Gasteiger partial charge in [-0.2, -0.15) is 0 Å². The molecule has 3 saturated heterocycles. The van der Waals surface area contributed by atoms with Crippen LogP contribution in [0, 0.1) is 0 Å². The van der Waals surface area contributed by atoms with Gasteiger partial charge < -0.3 is 0 Å². The molecule has 360 valence electrons. The Balaban J connectivity index is 1.23. The summed E-state index contributed by atoms with van der Waals surface area (Å²) in [6, 6.07) is 32.6. The van der Waals surface area contributed by atoms with E-state index in [4.69, 9.17) is 61.0 Å². The van der Waals surface area contributed by atoms with E-state index in [1.54, 1.807) is 35.2 Å². The zero-order valence-electron chi connectivity index (χ0n) is 38.3. The third-order valence-corrected chi connectivity index (χ3v) is 18.5. The molecular formula is C48H61O16SSe+. The summed E-state index contributed by atoms with van der Waals surface area (Å²) < 4.78 is 116. The molecule has 3 fully saturated rings. The van der Waals surface area contributed by atoms with Gasteiger partial charge in [-0.1, -0.05) is 0 Å². The topological polar surface area (TPSA) is 174 Å². The Morgan fingerprint density at radius 1 is 0.621 bits per heavy atom. The molecule has 0 amide bonds. The van der Waals surface area contributed by atoms with Crippen molar-refractivity contribution in [1.82, 2.24) is 0 Å². The Kier molecular flexibility index (Phi) is 17.2. The standard InChI is InChI=1S/C48H60O16SSe/c1-47(55-6)48(2,56-7)63-45-44(62-47)43(64-65(49,50)51)40(61-46(45)60-28-32-11-9-8-10-12-32)31-66-30-39(58-26-34-15-21-37(53-4)22-16-34)42(59-27-35-17-23-38(54-5)24-18-35)41(66)29-57-25-33-13-19-36(52-3)20-14-33/h8-24,39-46H,25-31H2,1-7H3/p+1/t39-,40-,41-,42+,43-,44+,45-,46-,47-,48-,66?/m1/s1. The van der Waals surface area contributed by atoms with Gasteiger partial charge >= 0.3 is 393 Å². The van der Waals surface area contributed by atoms with Crippen LogP contribution in [0.5, 0.6) is 17.2 Å². The van der Waals surface area contributed by atoms with E-state index in [1.165, 1.54) is 14.2 Å². The second kappa shape index (κ2) is 22.6. The third kappa shape index (κ3) is 12.3. The zero-order valence-corrected chi connectivity index (χ0v) is 40.8. The van der Waals surface area contributed by atoms with Crippen molar-refractivity contribution in [3.8, 4) is 17.2 Å². The van der Waals surface area contributed by atoms with E-state index in [1.807, 2.05) is 103 Å². The van der Waals surface area contributed by atoms with Gasteiger partial charge in [-0.15, -0.1) is 0 Å². The van der Waals surface area contributed by atoms with E-state index in [9.17, 15) is 13.0 Å². The van der Waals surface area contributed by atoms with Crippen molar-refractivity contribution in [3.63, 3.8) is 0 Å². The molecule has 1 N–H and O–H groups in total. The average molecular weight is 1010 g/mol. The number of rotatable bonds is 22. The van der Waals surface area contributed by atoms with Crippen molar-refractivity contribution in [2.75, 3.05) is 42.2 Å². The molecule has 0 spiro atoms. The summed E-state index contributed by atoms with van der Waals surface area (Å²) in [7, 11) is 2.66. The number of benzene rings is 4. The van der Waals surface area contributed by atoms with E-state index >= 15 is 0 Å². The number of fused-ring (bicyclic) bond motifs is 1. The summed E-state index contributed by atoms with van der Waals surface area (Å²) in [6.07, 6.45) is -6.69. The normalized spacial score (nSPS) is 29.8. The Hall–Kier alpha value is -3.69. The summed E-state index contributed by atoms with van der Waals surface area (Å²) in [6.45, 7) is 4.57. The second-order valence-corrected chi connectivity index (χ2v) is 22.4. The molecule has 1 unspecified atom stereocenters. The summed E-state index contributed by atoms with van der Waals surface area (Å²) in [5.74, 6) is -0.891. The molecule has 3 heterocycles. The van der Waals surface area contributed by atoms with Crippen LogP contribution >= 0.6 is 0 Å². The quantitative estimate of drug-likeness (QED) is 0.0634. The van der Waals surface area contributed by atoms with Crippen LogP contribution in [0.25, 0.3) is 0 Å². The second-order valence-electron chi connectivity index (χ2n) is 16.4. The molecular weight excluding hydrogens is 944 g/mol. The van der Waals surface area contributed by atoms with E-state index in [2.05, 4.69) is 0 Å². The monoisotopic (exact) mass is 1010 g/mol. The number of hydrogen-bond acceptors (Lipinski definition) is 15. The molecule has 0 radical (unpaired) electrons. The van der Waals surface area contributed by atoms with Gasteiger partial charge in [0.2, 0.25) is 0 Å². The SMILES string of the molecule is COc1ccc(COC[C@@H]2[C@@H](OCc3ccc(OC)cc3)[C@H](OCc3ccc(OC)cc3)C[Se+]2C[C@H]2O[C@@H](OCc3ccccc3)[C@@H]3O[C@@](C)(OC)[C@](C)(OC)O[C@H]3[C@@H]2OS(=O)(=O)O)cc1. The molecule has 0 aromatic heterocycles. The van der Waals surface area contributed by atoms with Crippen LogP contribution < -0.4 is 14.2 Å². The summed E-state index contributed by atoms with van der Waals surface area (Å²) in [5, 5.41) is 0.877. The Morgan fingerprint density at radius 3 is 1.62 bits per heavy atom. The molecule has 4 aromatic carbocycles. The van der Waals surface area contributed by atoms with Crippen LogP contribution in [0.3, 0.4) is 0 Å². The fourth-order valence-electron chi connectivity index (χ4n) is 8.28. The van der Waals surface area contributed by atoms with Crippen molar-refractivity contribution in [2.24, 2.45) is 0 Å². The first-order valence-corrected chi connectivity index (χ1v) is 26.3. The van der Waals surface area contributed by atoms with Crippen LogP contribution in [-0.4, -0.2) is 124 Å². The summed E-state index contributed by atoms with van der Waals surface area (Å²) in [4.78, 5) is -0.205. The van der Waals surface area contributed by atoms with E-state index in [-0.39, 0.29) is 24.6 Å². The van der Waals surface area contributed by atoms with Gasteiger partial charge in [-0.25, -0.2) is 0 Å². The molecule has 4 aromatic rings. The van der Waals surface area contributed by atoms with Crippen LogP contribution in [0.4, 0.5) is 0 Å². The molecule has 7 rings (SSSR count). The van der Waals surface area contributed by atoms with Crippen LogP contribution in [-0.2, 0) is 83.6 Å². The number of ether oxygens (including phenoxy) is 12. The molecule has 3 aliphatic rings. The van der Waals surface area contributed by atoms with Gasteiger partial charge in [-0.3, -0.25) is 0 Å². The molecule has 0 aliphatic carbocycles. The number of methoxy groups -OCH3 is 5. The first-order chi connectivity index (χ1) is 31.8. The average Bonchev–Trinajstić information content (AvgIpc) is 3.66. The molecule has 0 saturated carbocycles. The minimum atomic E-state index is -5.08. The molecule has 16 nitrogen and oxygen atoms in total. The van der Waals surface area contributed by atoms with E-state index in [0.717, 1.165) is 39.5 Å². The Morgan fingerprint density at radius 2 is 1.11 bits per heavy atom. The first kappa shape index (κ1) is 50.2. The number of hydrogen-bond donors (Lipinski definition) is 1. The van der Waals surface area contributed by atoms with Crippen LogP contribution in [0.1, 0.15) is 36.1 Å². The van der Waals surface area contributed by atoms with Crippen molar-refractivity contribution in [1.29, 1.82) is 0 Å².